The fourth-order valence-electron chi connectivity index (χ4n) is 3.92. The van der Waals surface area contributed by atoms with E-state index in [9.17, 15) is 14.7 Å². The zero-order chi connectivity index (χ0) is 36.2. The molecule has 0 aliphatic carbocycles. The molecule has 52 heavy (non-hydrogen) atoms. The minimum atomic E-state index is -0.393. The third-order valence-corrected chi connectivity index (χ3v) is 8.58. The topological polar surface area (TPSA) is 122 Å². The third kappa shape index (κ3) is 18.1. The van der Waals surface area contributed by atoms with Gasteiger partial charge in [-0.25, -0.2) is 9.59 Å². The van der Waals surface area contributed by atoms with Crippen molar-refractivity contribution in [3.05, 3.63) is 130 Å². The molecule has 0 aliphatic rings. The van der Waals surface area contributed by atoms with Crippen LogP contribution in [0.25, 0.3) is 11.0 Å². The van der Waals surface area contributed by atoms with Gasteiger partial charge in [-0.1, -0.05) is 66.6 Å². The number of aromatic hydroxyl groups is 1. The summed E-state index contributed by atoms with van der Waals surface area (Å²) >= 11 is 9.01. The third-order valence-electron chi connectivity index (χ3n) is 6.13. The van der Waals surface area contributed by atoms with Gasteiger partial charge in [0.05, 0.1) is 49.3 Å². The molecular formula is C36H32BCu2I3LiO9. The Morgan fingerprint density at radius 1 is 0.769 bits per heavy atom. The van der Waals surface area contributed by atoms with E-state index in [4.69, 9.17) is 28.9 Å². The number of ether oxygens (including phenoxy) is 4. The molecule has 4 aromatic carbocycles. The summed E-state index contributed by atoms with van der Waals surface area (Å²) in [5.41, 5.74) is 4.00. The molecule has 0 spiro atoms. The van der Waals surface area contributed by atoms with E-state index in [2.05, 4.69) is 49.2 Å². The summed E-state index contributed by atoms with van der Waals surface area (Å²) in [6.45, 7) is 1.90. The zero-order valence-electron chi connectivity index (χ0n) is 29.1. The Morgan fingerprint density at radius 3 is 1.67 bits per heavy atom. The number of methoxy groups -OCH3 is 2. The molecule has 1 aromatic heterocycles. The van der Waals surface area contributed by atoms with Gasteiger partial charge in [0.15, 0.2) is 0 Å². The number of esters is 2. The molecule has 0 aliphatic heterocycles. The van der Waals surface area contributed by atoms with Crippen LogP contribution >= 0.6 is 67.8 Å². The van der Waals surface area contributed by atoms with Gasteiger partial charge in [0.2, 0.25) is 0 Å². The molecule has 4 radical (unpaired) electrons. The van der Waals surface area contributed by atoms with Crippen molar-refractivity contribution in [1.82, 2.24) is 0 Å². The molecule has 16 heteroatoms. The Morgan fingerprint density at radius 2 is 1.21 bits per heavy atom. The summed E-state index contributed by atoms with van der Waals surface area (Å²) in [5, 5.41) is 10.3. The van der Waals surface area contributed by atoms with Crippen molar-refractivity contribution in [3.8, 4) is 18.1 Å². The van der Waals surface area contributed by atoms with Gasteiger partial charge in [-0.2, -0.15) is 0 Å². The van der Waals surface area contributed by atoms with E-state index in [0.717, 1.165) is 31.4 Å². The molecule has 0 bridgehead atoms. The average molecular weight is 1130 g/mol. The van der Waals surface area contributed by atoms with Gasteiger partial charge in [0.1, 0.15) is 30.3 Å². The number of benzene rings is 4. The van der Waals surface area contributed by atoms with E-state index in [1.807, 2.05) is 112 Å². The normalized spacial score (nSPS) is 9.27. The molecule has 277 valence electrons. The van der Waals surface area contributed by atoms with E-state index in [-0.39, 0.29) is 57.5 Å². The summed E-state index contributed by atoms with van der Waals surface area (Å²) in [4.78, 5) is 22.8. The van der Waals surface area contributed by atoms with Crippen LogP contribution in [0.5, 0.6) is 5.75 Å². The van der Waals surface area contributed by atoms with Gasteiger partial charge in [0, 0.05) is 30.9 Å². The molecule has 5 aromatic rings. The summed E-state index contributed by atoms with van der Waals surface area (Å²) in [6, 6.07) is 28.5. The van der Waals surface area contributed by atoms with Crippen LogP contribution in [0, 0.1) is 23.1 Å². The number of rotatable bonds is 9. The molecule has 1 heterocycles. The number of phenolic OH excluding ortho intramolecular Hbond substituents is 1. The Bertz CT molecular complexity index is 1830. The quantitative estimate of drug-likeness (QED) is 0.0683. The van der Waals surface area contributed by atoms with E-state index in [0.29, 0.717) is 44.7 Å². The molecule has 0 amide bonds. The number of furan rings is 1. The number of terminal acetylenes is 1. The fraction of sp³-hybridized carbons (Fsp3) is 0.167. The van der Waals surface area contributed by atoms with Crippen molar-refractivity contribution < 1.29 is 95.2 Å². The SMILES string of the molecule is C#CCOCc1ccccc1.COC(=O)c1cc(I)c(O)c(I)c1.COC(=O)c1cc(I)c2oc(COCc3ccccc3)cc2c1.[B].[Cu].[H-].[Li+].[O]=[Cu]. The van der Waals surface area contributed by atoms with Crippen LogP contribution in [0.2, 0.25) is 0 Å². The van der Waals surface area contributed by atoms with Crippen LogP contribution in [0.1, 0.15) is 39.0 Å². The van der Waals surface area contributed by atoms with Crippen LogP contribution in [0.4, 0.5) is 0 Å². The number of carbonyl (C=O) groups excluding carboxylic acids is 2. The molecule has 0 atom stereocenters. The van der Waals surface area contributed by atoms with E-state index < -0.39 is 5.97 Å². The van der Waals surface area contributed by atoms with Crippen LogP contribution in [-0.4, -0.2) is 46.3 Å². The standard InChI is InChI=1S/C18H15IO4.C10H10O.C8H6I2O3.B.2Cu.Li.O.H/c1-21-18(20)14-7-13-8-15(23-17(13)16(19)9-14)11-22-10-12-5-3-2-4-6-12;1-2-8-11-9-10-6-4-3-5-7-10;1-13-8(12)4-2-5(9)7(11)6(10)3-4;;;;;;/h2-9H,10-11H2,1H3;1,3-7H,8-9H2;2-3,11H,1H3;;;;;;/q;;;;;;+1;;-1. The first-order valence-corrected chi connectivity index (χ1v) is 17.6. The van der Waals surface area contributed by atoms with Crippen molar-refractivity contribution in [2.75, 3.05) is 20.8 Å². The zero-order valence-corrected chi connectivity index (χ0v) is 36.4. The van der Waals surface area contributed by atoms with Gasteiger partial charge < -0.3 is 29.9 Å². The molecule has 0 unspecified atom stereocenters. The predicted octanol–water partition coefficient (Wildman–Crippen LogP) is 5.38. The number of fused-ring (bicyclic) bond motifs is 1. The number of halogens is 3. The molecule has 1 N–H and O–H groups in total. The number of hydrogen-bond acceptors (Lipinski definition) is 9. The Kier molecular flexibility index (Phi) is 29.9. The summed E-state index contributed by atoms with van der Waals surface area (Å²) in [7, 11) is 2.70. The second-order valence-corrected chi connectivity index (χ2v) is 13.0. The number of phenols is 1. The van der Waals surface area contributed by atoms with Gasteiger partial charge in [-0.05, 0) is 109 Å². The maximum absolute atomic E-state index is 11.7. The second kappa shape index (κ2) is 29.7. The van der Waals surface area contributed by atoms with Crippen molar-refractivity contribution in [3.63, 3.8) is 0 Å². The fourth-order valence-corrected chi connectivity index (χ4v) is 6.44. The van der Waals surface area contributed by atoms with Gasteiger partial charge in [-0.3, -0.25) is 0 Å². The first kappa shape index (κ1) is 52.4. The molecular weight excluding hydrogens is 1100 g/mol. The predicted molar refractivity (Wildman–Crippen MR) is 213 cm³/mol. The first-order chi connectivity index (χ1) is 23.7. The average Bonchev–Trinajstić information content (AvgIpc) is 3.55. The van der Waals surface area contributed by atoms with E-state index in [1.54, 1.807) is 24.3 Å². The molecule has 9 nitrogen and oxygen atoms in total. The van der Waals surface area contributed by atoms with Gasteiger partial charge >= 0.3 is 50.6 Å². The molecule has 0 fully saturated rings. The Hall–Kier alpha value is -1.67. The van der Waals surface area contributed by atoms with Gasteiger partial charge in [-0.15, -0.1) is 6.42 Å². The Balaban J connectivity index is -0.000000720. The first-order valence-electron chi connectivity index (χ1n) is 14.0. The minimum absolute atomic E-state index is 0. The van der Waals surface area contributed by atoms with Gasteiger partial charge in [0.25, 0.3) is 0 Å². The Labute approximate surface area is 378 Å². The van der Waals surface area contributed by atoms with E-state index >= 15 is 0 Å². The second-order valence-electron chi connectivity index (χ2n) is 9.52. The van der Waals surface area contributed by atoms with Crippen molar-refractivity contribution in [2.45, 2.75) is 19.8 Å². The summed E-state index contributed by atoms with van der Waals surface area (Å²) < 4.78 is 35.9. The van der Waals surface area contributed by atoms with Crippen LogP contribution in [0.3, 0.4) is 0 Å². The van der Waals surface area contributed by atoms with E-state index in [1.165, 1.54) is 14.2 Å². The van der Waals surface area contributed by atoms with Crippen LogP contribution in [-0.2, 0) is 75.6 Å². The number of carbonyl (C=O) groups is 2. The molecule has 5 rings (SSSR count). The maximum atomic E-state index is 11.7. The summed E-state index contributed by atoms with van der Waals surface area (Å²) in [5.74, 6) is 2.60. The van der Waals surface area contributed by atoms with Crippen molar-refractivity contribution >= 4 is 99.1 Å². The molecule has 0 saturated carbocycles. The van der Waals surface area contributed by atoms with Crippen molar-refractivity contribution in [2.24, 2.45) is 0 Å². The van der Waals surface area contributed by atoms with Crippen LogP contribution < -0.4 is 18.9 Å². The van der Waals surface area contributed by atoms with Crippen molar-refractivity contribution in [1.29, 1.82) is 0 Å². The van der Waals surface area contributed by atoms with Crippen LogP contribution in [0.15, 0.2) is 95.4 Å². The molecule has 0 saturated heterocycles. The summed E-state index contributed by atoms with van der Waals surface area (Å²) in [6.07, 6.45) is 5.02. The monoisotopic (exact) mass is 1130 g/mol. The number of hydrogen-bond donors (Lipinski definition) is 1.